The van der Waals surface area contributed by atoms with E-state index in [9.17, 15) is 4.79 Å². The summed E-state index contributed by atoms with van der Waals surface area (Å²) in [5.41, 5.74) is 0.769. The lowest BCUT2D eigenvalue weighted by Gasteiger charge is -2.15. The highest BCUT2D eigenvalue weighted by molar-refractivity contribution is 6.45. The van der Waals surface area contributed by atoms with Crippen LogP contribution in [0.4, 0.5) is 0 Å². The Balaban J connectivity index is 2.42. The number of oxime groups is 1. The van der Waals surface area contributed by atoms with E-state index < -0.39 is 0 Å². The third kappa shape index (κ3) is 3.63. The number of benzene rings is 2. The van der Waals surface area contributed by atoms with Crippen LogP contribution in [0.1, 0.15) is 5.56 Å². The van der Waals surface area contributed by atoms with Crippen LogP contribution < -0.4 is 4.74 Å². The van der Waals surface area contributed by atoms with E-state index in [1.807, 2.05) is 42.5 Å². The van der Waals surface area contributed by atoms with E-state index >= 15 is 0 Å². The van der Waals surface area contributed by atoms with Crippen molar-refractivity contribution in [3.05, 3.63) is 60.2 Å². The van der Waals surface area contributed by atoms with Crippen LogP contribution in [-0.4, -0.2) is 37.7 Å². The maximum atomic E-state index is 12.3. The number of carbonyl (C=O) groups excluding carboxylic acids is 1. The maximum Gasteiger partial charge on any atom is 0.276 e. The summed E-state index contributed by atoms with van der Waals surface area (Å²) in [6, 6.07) is 16.6. The number of rotatable bonds is 5. The molecule has 2 rings (SSSR count). The van der Waals surface area contributed by atoms with Crippen molar-refractivity contribution in [3.63, 3.8) is 0 Å². The minimum Gasteiger partial charge on any atom is -0.457 e. The van der Waals surface area contributed by atoms with Crippen LogP contribution in [0.15, 0.2) is 59.8 Å². The quantitative estimate of drug-likeness (QED) is 0.630. The monoisotopic (exact) mass is 298 g/mol. The number of para-hydroxylation sites is 2. The second-order valence-corrected chi connectivity index (χ2v) is 4.73. The third-order valence-electron chi connectivity index (χ3n) is 2.90. The second kappa shape index (κ2) is 7.26. The van der Waals surface area contributed by atoms with Crippen molar-refractivity contribution >= 4 is 11.6 Å². The highest BCUT2D eigenvalue weighted by atomic mass is 16.6. The highest BCUT2D eigenvalue weighted by Crippen LogP contribution is 2.26. The minimum atomic E-state index is -0.258. The summed E-state index contributed by atoms with van der Waals surface area (Å²) in [6.07, 6.45) is 0. The summed E-state index contributed by atoms with van der Waals surface area (Å²) >= 11 is 0. The smallest absolute Gasteiger partial charge is 0.276 e. The summed E-state index contributed by atoms with van der Waals surface area (Å²) in [4.78, 5) is 18.6. The van der Waals surface area contributed by atoms with Crippen molar-refractivity contribution in [1.82, 2.24) is 4.90 Å². The Morgan fingerprint density at radius 1 is 1.00 bits per heavy atom. The van der Waals surface area contributed by atoms with Crippen LogP contribution >= 0.6 is 0 Å². The lowest BCUT2D eigenvalue weighted by atomic mass is 10.1. The number of hydrogen-bond donors (Lipinski definition) is 0. The lowest BCUT2D eigenvalue weighted by molar-refractivity contribution is -0.121. The van der Waals surface area contributed by atoms with Crippen molar-refractivity contribution < 1.29 is 14.4 Å². The van der Waals surface area contributed by atoms with Gasteiger partial charge in [-0.25, -0.2) is 0 Å². The predicted octanol–water partition coefficient (Wildman–Crippen LogP) is 2.92. The zero-order valence-electron chi connectivity index (χ0n) is 12.8. The molecule has 2 aromatic carbocycles. The van der Waals surface area contributed by atoms with Crippen molar-refractivity contribution in [2.75, 3.05) is 21.2 Å². The van der Waals surface area contributed by atoms with E-state index in [0.717, 1.165) is 0 Å². The van der Waals surface area contributed by atoms with Crippen LogP contribution in [0, 0.1) is 0 Å². The minimum absolute atomic E-state index is 0.194. The third-order valence-corrected chi connectivity index (χ3v) is 2.90. The van der Waals surface area contributed by atoms with Crippen molar-refractivity contribution in [3.8, 4) is 11.5 Å². The Morgan fingerprint density at radius 2 is 1.64 bits per heavy atom. The molecule has 0 saturated heterocycles. The normalized spacial score (nSPS) is 11.0. The molecule has 0 fully saturated rings. The number of hydrogen-bond acceptors (Lipinski definition) is 4. The molecule has 0 aliphatic carbocycles. The van der Waals surface area contributed by atoms with Gasteiger partial charge in [-0.1, -0.05) is 35.5 Å². The first-order valence-corrected chi connectivity index (χ1v) is 6.78. The van der Waals surface area contributed by atoms with Crippen molar-refractivity contribution in [2.45, 2.75) is 0 Å². The molecule has 5 nitrogen and oxygen atoms in total. The molecule has 0 aromatic heterocycles. The fraction of sp³-hybridized carbons (Fsp3) is 0.176. The Morgan fingerprint density at radius 3 is 2.27 bits per heavy atom. The molecule has 0 N–H and O–H groups in total. The van der Waals surface area contributed by atoms with Crippen molar-refractivity contribution in [1.29, 1.82) is 0 Å². The van der Waals surface area contributed by atoms with Gasteiger partial charge in [-0.15, -0.1) is 0 Å². The zero-order chi connectivity index (χ0) is 15.9. The summed E-state index contributed by atoms with van der Waals surface area (Å²) in [5, 5.41) is 3.86. The number of amides is 1. The molecule has 0 heterocycles. The van der Waals surface area contributed by atoms with E-state index in [1.165, 1.54) is 12.0 Å². The van der Waals surface area contributed by atoms with Gasteiger partial charge in [-0.3, -0.25) is 4.79 Å². The van der Waals surface area contributed by atoms with Crippen molar-refractivity contribution in [2.24, 2.45) is 5.16 Å². The van der Waals surface area contributed by atoms with Crippen LogP contribution in [-0.2, 0) is 9.63 Å². The molecule has 0 spiro atoms. The molecule has 114 valence electrons. The maximum absolute atomic E-state index is 12.3. The Labute approximate surface area is 129 Å². The zero-order valence-corrected chi connectivity index (χ0v) is 12.8. The molecule has 0 radical (unpaired) electrons. The molecular weight excluding hydrogens is 280 g/mol. The lowest BCUT2D eigenvalue weighted by Crippen LogP contribution is -2.31. The van der Waals surface area contributed by atoms with Crippen LogP contribution in [0.3, 0.4) is 0 Å². The van der Waals surface area contributed by atoms with Gasteiger partial charge < -0.3 is 14.5 Å². The summed E-state index contributed by atoms with van der Waals surface area (Å²) in [7, 11) is 4.73. The number of nitrogens with zero attached hydrogens (tertiary/aromatic N) is 2. The SMILES string of the molecule is CO/N=C(\C(=O)N(C)C)c1ccccc1Oc1ccccc1. The Hall–Kier alpha value is -2.82. The molecule has 0 bridgehead atoms. The van der Waals surface area contributed by atoms with Gasteiger partial charge in [0, 0.05) is 14.1 Å². The Bertz CT molecular complexity index is 667. The average molecular weight is 298 g/mol. The van der Waals surface area contributed by atoms with E-state index in [4.69, 9.17) is 9.57 Å². The predicted molar refractivity (Wildman–Crippen MR) is 85.2 cm³/mol. The molecule has 2 aromatic rings. The van der Waals surface area contributed by atoms with E-state index in [0.29, 0.717) is 17.1 Å². The Kier molecular flexibility index (Phi) is 5.14. The first kappa shape index (κ1) is 15.6. The second-order valence-electron chi connectivity index (χ2n) is 4.73. The van der Waals surface area contributed by atoms with Gasteiger partial charge >= 0.3 is 0 Å². The van der Waals surface area contributed by atoms with Gasteiger partial charge in [0.2, 0.25) is 0 Å². The number of likely N-dealkylation sites (N-methyl/N-ethyl adjacent to an activating group) is 1. The van der Waals surface area contributed by atoms with Gasteiger partial charge in [0.15, 0.2) is 5.71 Å². The van der Waals surface area contributed by atoms with Crippen LogP contribution in [0.2, 0.25) is 0 Å². The summed E-state index contributed by atoms with van der Waals surface area (Å²) < 4.78 is 5.86. The number of ether oxygens (including phenoxy) is 1. The first-order chi connectivity index (χ1) is 10.6. The molecule has 1 amide bonds. The van der Waals surface area contributed by atoms with E-state index in [1.54, 1.807) is 26.2 Å². The average Bonchev–Trinajstić information content (AvgIpc) is 2.54. The molecule has 22 heavy (non-hydrogen) atoms. The van der Waals surface area contributed by atoms with E-state index in [-0.39, 0.29) is 11.6 Å². The highest BCUT2D eigenvalue weighted by Gasteiger charge is 2.21. The van der Waals surface area contributed by atoms with Gasteiger partial charge in [0.1, 0.15) is 18.6 Å². The molecule has 0 aliphatic rings. The summed E-state index contributed by atoms with van der Waals surface area (Å²) in [5.74, 6) is 0.967. The fourth-order valence-electron chi connectivity index (χ4n) is 1.87. The van der Waals surface area contributed by atoms with Gasteiger partial charge in [-0.2, -0.15) is 0 Å². The van der Waals surface area contributed by atoms with Gasteiger partial charge in [-0.05, 0) is 24.3 Å². The summed E-state index contributed by atoms with van der Waals surface area (Å²) in [6.45, 7) is 0. The molecule has 0 saturated carbocycles. The van der Waals surface area contributed by atoms with Gasteiger partial charge in [0.05, 0.1) is 5.56 Å². The molecule has 0 atom stereocenters. The largest absolute Gasteiger partial charge is 0.457 e. The van der Waals surface area contributed by atoms with Crippen LogP contribution in [0.25, 0.3) is 0 Å². The molecular formula is C17H18N2O3. The van der Waals surface area contributed by atoms with Gasteiger partial charge in [0.25, 0.3) is 5.91 Å². The molecule has 0 unspecified atom stereocenters. The number of carbonyl (C=O) groups is 1. The van der Waals surface area contributed by atoms with Crippen LogP contribution in [0.5, 0.6) is 11.5 Å². The standard InChI is InChI=1S/C17H18N2O3/c1-19(2)17(20)16(18-21-3)14-11-7-8-12-15(14)22-13-9-5-4-6-10-13/h4-12H,1-3H3/b18-16-. The van der Waals surface area contributed by atoms with E-state index in [2.05, 4.69) is 5.16 Å². The fourth-order valence-corrected chi connectivity index (χ4v) is 1.87. The first-order valence-electron chi connectivity index (χ1n) is 6.78. The molecule has 0 aliphatic heterocycles. The topological polar surface area (TPSA) is 51.1 Å². The molecule has 5 heteroatoms.